The Morgan fingerprint density at radius 1 is 1.35 bits per heavy atom. The number of hydrogen-bond acceptors (Lipinski definition) is 3. The highest BCUT2D eigenvalue weighted by atomic mass is 16.3. The van der Waals surface area contributed by atoms with Crippen LogP contribution in [0.25, 0.3) is 0 Å². The smallest absolute Gasteiger partial charge is 0.120 e. The minimum atomic E-state index is 0.208. The van der Waals surface area contributed by atoms with Crippen molar-refractivity contribution in [2.75, 3.05) is 26.2 Å². The normalized spacial score (nSPS) is 19.1. The molecule has 0 radical (unpaired) electrons. The monoisotopic (exact) mass is 276 g/mol. The lowest BCUT2D eigenvalue weighted by molar-refractivity contribution is 0.188. The summed E-state index contributed by atoms with van der Waals surface area (Å²) in [6.45, 7) is 11.1. The van der Waals surface area contributed by atoms with E-state index in [-0.39, 0.29) is 6.04 Å². The number of likely N-dealkylation sites (tertiary alicyclic amines) is 1. The Kier molecular flexibility index (Phi) is 5.44. The number of rotatable bonds is 5. The predicted octanol–water partition coefficient (Wildman–Crippen LogP) is 3.08. The van der Waals surface area contributed by atoms with E-state index in [1.165, 1.54) is 38.0 Å². The zero-order chi connectivity index (χ0) is 14.5. The lowest BCUT2D eigenvalue weighted by Gasteiger charge is -2.31. The van der Waals surface area contributed by atoms with Crippen molar-refractivity contribution in [3.05, 3.63) is 29.3 Å². The van der Waals surface area contributed by atoms with Gasteiger partial charge in [-0.2, -0.15) is 0 Å². The number of aryl methyl sites for hydroxylation is 1. The molecule has 2 rings (SSSR count). The van der Waals surface area contributed by atoms with Gasteiger partial charge in [0.1, 0.15) is 5.75 Å². The highest BCUT2D eigenvalue weighted by Crippen LogP contribution is 2.25. The van der Waals surface area contributed by atoms with Gasteiger partial charge < -0.3 is 15.3 Å². The molecule has 1 unspecified atom stereocenters. The number of piperidine rings is 1. The molecule has 1 heterocycles. The number of phenols is 1. The number of nitrogens with zero attached hydrogens (tertiary/aromatic N) is 1. The maximum atomic E-state index is 9.96. The molecule has 0 spiro atoms. The van der Waals surface area contributed by atoms with Crippen LogP contribution in [0.2, 0.25) is 0 Å². The molecule has 0 bridgehead atoms. The maximum Gasteiger partial charge on any atom is 0.120 e. The summed E-state index contributed by atoms with van der Waals surface area (Å²) < 4.78 is 0. The van der Waals surface area contributed by atoms with Crippen molar-refractivity contribution >= 4 is 0 Å². The zero-order valence-electron chi connectivity index (χ0n) is 13.0. The summed E-state index contributed by atoms with van der Waals surface area (Å²) in [5.41, 5.74) is 2.21. The van der Waals surface area contributed by atoms with Gasteiger partial charge in [-0.3, -0.25) is 0 Å². The van der Waals surface area contributed by atoms with E-state index in [0.717, 1.165) is 18.0 Å². The molecule has 112 valence electrons. The van der Waals surface area contributed by atoms with Gasteiger partial charge in [0.25, 0.3) is 0 Å². The SMILES string of the molecule is CCN1CCC(CNC(C)c2cc(C)ccc2O)CC1. The van der Waals surface area contributed by atoms with Crippen molar-refractivity contribution in [1.82, 2.24) is 10.2 Å². The van der Waals surface area contributed by atoms with E-state index in [1.54, 1.807) is 6.07 Å². The van der Waals surface area contributed by atoms with Gasteiger partial charge in [0.15, 0.2) is 0 Å². The summed E-state index contributed by atoms with van der Waals surface area (Å²) in [4.78, 5) is 2.52. The molecule has 20 heavy (non-hydrogen) atoms. The van der Waals surface area contributed by atoms with Gasteiger partial charge in [0.05, 0.1) is 0 Å². The van der Waals surface area contributed by atoms with Crippen LogP contribution < -0.4 is 5.32 Å². The third kappa shape index (κ3) is 3.97. The van der Waals surface area contributed by atoms with E-state index in [1.807, 2.05) is 6.07 Å². The predicted molar refractivity (Wildman–Crippen MR) is 84.1 cm³/mol. The molecule has 0 aliphatic carbocycles. The molecular formula is C17H28N2O. The van der Waals surface area contributed by atoms with Gasteiger partial charge >= 0.3 is 0 Å². The van der Waals surface area contributed by atoms with Crippen molar-refractivity contribution in [2.24, 2.45) is 5.92 Å². The van der Waals surface area contributed by atoms with Crippen LogP contribution in [-0.4, -0.2) is 36.2 Å². The van der Waals surface area contributed by atoms with Crippen molar-refractivity contribution < 1.29 is 5.11 Å². The van der Waals surface area contributed by atoms with E-state index in [2.05, 4.69) is 37.1 Å². The van der Waals surface area contributed by atoms with E-state index in [0.29, 0.717) is 5.75 Å². The Balaban J connectivity index is 1.83. The van der Waals surface area contributed by atoms with Gasteiger partial charge in [-0.1, -0.05) is 24.6 Å². The van der Waals surface area contributed by atoms with Crippen molar-refractivity contribution in [2.45, 2.75) is 39.7 Å². The van der Waals surface area contributed by atoms with E-state index in [9.17, 15) is 5.11 Å². The Morgan fingerprint density at radius 2 is 2.05 bits per heavy atom. The topological polar surface area (TPSA) is 35.5 Å². The molecule has 1 fully saturated rings. The Hall–Kier alpha value is -1.06. The van der Waals surface area contributed by atoms with Crippen LogP contribution in [0.4, 0.5) is 0 Å². The number of hydrogen-bond donors (Lipinski definition) is 2. The van der Waals surface area contributed by atoms with Gasteiger partial charge in [-0.15, -0.1) is 0 Å². The third-order valence-corrected chi connectivity index (χ3v) is 4.52. The van der Waals surface area contributed by atoms with Crippen LogP contribution in [0.3, 0.4) is 0 Å². The fraction of sp³-hybridized carbons (Fsp3) is 0.647. The molecule has 0 saturated carbocycles. The van der Waals surface area contributed by atoms with Crippen molar-refractivity contribution in [3.63, 3.8) is 0 Å². The van der Waals surface area contributed by atoms with Crippen LogP contribution in [0, 0.1) is 12.8 Å². The Morgan fingerprint density at radius 3 is 2.70 bits per heavy atom. The molecule has 0 aromatic heterocycles. The molecule has 3 nitrogen and oxygen atoms in total. The van der Waals surface area contributed by atoms with Gasteiger partial charge in [-0.25, -0.2) is 0 Å². The largest absolute Gasteiger partial charge is 0.508 e. The fourth-order valence-electron chi connectivity index (χ4n) is 2.98. The van der Waals surface area contributed by atoms with E-state index >= 15 is 0 Å². The quantitative estimate of drug-likeness (QED) is 0.867. The van der Waals surface area contributed by atoms with Crippen molar-refractivity contribution in [1.29, 1.82) is 0 Å². The average Bonchev–Trinajstić information content (AvgIpc) is 2.47. The molecule has 1 aromatic carbocycles. The molecule has 1 aromatic rings. The first-order chi connectivity index (χ1) is 9.60. The van der Waals surface area contributed by atoms with Crippen LogP contribution in [0.15, 0.2) is 18.2 Å². The Bertz CT molecular complexity index is 425. The fourth-order valence-corrected chi connectivity index (χ4v) is 2.98. The lowest BCUT2D eigenvalue weighted by Crippen LogP contribution is -2.37. The van der Waals surface area contributed by atoms with E-state index in [4.69, 9.17) is 0 Å². The first kappa shape index (κ1) is 15.3. The van der Waals surface area contributed by atoms with Crippen LogP contribution in [0.5, 0.6) is 5.75 Å². The van der Waals surface area contributed by atoms with Gasteiger partial charge in [-0.05, 0) is 64.9 Å². The average molecular weight is 276 g/mol. The molecule has 3 heteroatoms. The summed E-state index contributed by atoms with van der Waals surface area (Å²) in [6.07, 6.45) is 2.57. The highest BCUT2D eigenvalue weighted by Gasteiger charge is 2.19. The summed E-state index contributed by atoms with van der Waals surface area (Å²) in [5.74, 6) is 1.17. The first-order valence-electron chi connectivity index (χ1n) is 7.85. The zero-order valence-corrected chi connectivity index (χ0v) is 13.0. The summed E-state index contributed by atoms with van der Waals surface area (Å²) in [5, 5.41) is 13.6. The minimum absolute atomic E-state index is 0.208. The summed E-state index contributed by atoms with van der Waals surface area (Å²) >= 11 is 0. The second kappa shape index (κ2) is 7.09. The molecular weight excluding hydrogens is 248 g/mol. The third-order valence-electron chi connectivity index (χ3n) is 4.52. The van der Waals surface area contributed by atoms with Crippen molar-refractivity contribution in [3.8, 4) is 5.75 Å². The molecule has 1 aliphatic rings. The first-order valence-corrected chi connectivity index (χ1v) is 7.85. The van der Waals surface area contributed by atoms with Crippen LogP contribution in [0.1, 0.15) is 43.9 Å². The number of aromatic hydroxyl groups is 1. The number of benzene rings is 1. The van der Waals surface area contributed by atoms with Crippen LogP contribution >= 0.6 is 0 Å². The Labute approximate surface area is 123 Å². The molecule has 0 amide bonds. The maximum absolute atomic E-state index is 9.96. The molecule has 1 aliphatic heterocycles. The van der Waals surface area contributed by atoms with E-state index < -0.39 is 0 Å². The van der Waals surface area contributed by atoms with Crippen LogP contribution in [-0.2, 0) is 0 Å². The summed E-state index contributed by atoms with van der Waals surface area (Å²) in [7, 11) is 0. The molecule has 1 saturated heterocycles. The number of nitrogens with one attached hydrogen (secondary N) is 1. The van der Waals surface area contributed by atoms with Gasteiger partial charge in [0, 0.05) is 11.6 Å². The summed E-state index contributed by atoms with van der Waals surface area (Å²) in [6, 6.07) is 6.03. The molecule has 1 atom stereocenters. The number of phenolic OH excluding ortho intramolecular Hbond substituents is 1. The minimum Gasteiger partial charge on any atom is -0.508 e. The standard InChI is InChI=1S/C17H28N2O/c1-4-19-9-7-15(8-10-19)12-18-14(3)16-11-13(2)5-6-17(16)20/h5-6,11,14-15,18,20H,4,7-10,12H2,1-3H3. The van der Waals surface area contributed by atoms with Gasteiger partial charge in [0.2, 0.25) is 0 Å². The lowest BCUT2D eigenvalue weighted by atomic mass is 9.96. The second-order valence-electron chi connectivity index (χ2n) is 6.07. The highest BCUT2D eigenvalue weighted by molar-refractivity contribution is 5.37. The second-order valence-corrected chi connectivity index (χ2v) is 6.07. The molecule has 2 N–H and O–H groups in total.